The van der Waals surface area contributed by atoms with Gasteiger partial charge in [-0.2, -0.15) is 26.3 Å². The predicted octanol–water partition coefficient (Wildman–Crippen LogP) is 38.7. The van der Waals surface area contributed by atoms with E-state index in [0.29, 0.717) is 94.2 Å². The van der Waals surface area contributed by atoms with Gasteiger partial charge in [-0.05, 0) is 216 Å². The molecule has 2 aliphatic rings. The highest BCUT2D eigenvalue weighted by atomic mass is 19.4. The molecule has 0 unspecified atom stereocenters. The smallest absolute Gasteiger partial charge is 0.244 e. The van der Waals surface area contributed by atoms with Crippen molar-refractivity contribution in [3.05, 3.63) is 0 Å². The summed E-state index contributed by atoms with van der Waals surface area (Å²) < 4.78 is 143. The summed E-state index contributed by atoms with van der Waals surface area (Å²) >= 11 is 0. The topological polar surface area (TPSA) is 0 Å². The average Bonchev–Trinajstić information content (AvgIpc) is 0.737. The summed E-state index contributed by atoms with van der Waals surface area (Å²) in [6.45, 7) is 103. The molecule has 0 nitrogen and oxygen atoms in total. The second-order valence-corrected chi connectivity index (χ2v) is 43.0. The molecule has 11 heteroatoms. The lowest BCUT2D eigenvalue weighted by atomic mass is 9.57. The van der Waals surface area contributed by atoms with E-state index in [2.05, 4.69) is 242 Å². The number of rotatable bonds is 19. The van der Waals surface area contributed by atoms with Crippen molar-refractivity contribution >= 4 is 0 Å². The second-order valence-electron chi connectivity index (χ2n) is 43.0. The Balaban J connectivity index is -0.000000124. The van der Waals surface area contributed by atoms with Gasteiger partial charge in [0.2, 0.25) is 0 Å². The molecule has 668 valence electrons. The van der Waals surface area contributed by atoms with Crippen LogP contribution in [0.15, 0.2) is 0 Å². The SMILES string of the molecule is CC(C)(C)C.CC(C)C(C(C)C)C(C)(C)F.CC(C)C(C)(C)C.CC1CCC2(CC1)CCC(C(F)(F)F)(C(F)(F)F)CC2.CCC(C)(C)C.CCC(C)(CC)C(C)(C)C.CCC(C)(F)CC.CCC(CC)C(C)(C)C.CCC(CC)[C@@](C)(F)CC.CCCC(C)(C)C.CCC[C@@](C)(F)CC.CC[C@](C)(F)C(C)C. The first kappa shape index (κ1) is 128. The number of hydrogen-bond donors (Lipinski definition) is 0. The molecule has 2 saturated carbocycles. The van der Waals surface area contributed by atoms with E-state index in [-0.39, 0.29) is 36.0 Å². The molecule has 0 amide bonds. The first-order valence-corrected chi connectivity index (χ1v) is 44.1. The lowest BCUT2D eigenvalue weighted by molar-refractivity contribution is -0.354. The lowest BCUT2D eigenvalue weighted by Crippen LogP contribution is -2.53. The average molecular weight is 1580 g/mol. The fraction of sp³-hybridized carbons (Fsp3) is 1.00. The maximum Gasteiger partial charge on any atom is 0.403 e. The van der Waals surface area contributed by atoms with Gasteiger partial charge >= 0.3 is 12.4 Å². The zero-order valence-electron chi connectivity index (χ0n) is 82.7. The van der Waals surface area contributed by atoms with Crippen LogP contribution in [0.5, 0.6) is 0 Å². The largest absolute Gasteiger partial charge is 0.403 e. The third-order valence-electron chi connectivity index (χ3n) is 24.6. The van der Waals surface area contributed by atoms with Gasteiger partial charge in [-0.3, -0.25) is 0 Å². The molecule has 3 atom stereocenters. The molecule has 0 aromatic carbocycles. The van der Waals surface area contributed by atoms with E-state index >= 15 is 0 Å². The number of halogens is 11. The summed E-state index contributed by atoms with van der Waals surface area (Å²) in [7, 11) is 0. The van der Waals surface area contributed by atoms with Crippen molar-refractivity contribution in [2.24, 2.45) is 96.1 Å². The number of alkyl halides is 11. The monoisotopic (exact) mass is 1580 g/mol. The van der Waals surface area contributed by atoms with E-state index < -0.39 is 59.0 Å². The highest BCUT2D eigenvalue weighted by Crippen LogP contribution is 2.63. The summed E-state index contributed by atoms with van der Waals surface area (Å²) in [4.78, 5) is 0. The van der Waals surface area contributed by atoms with Crippen LogP contribution in [0.2, 0.25) is 0 Å². The zero-order valence-corrected chi connectivity index (χ0v) is 82.7. The summed E-state index contributed by atoms with van der Waals surface area (Å²) in [5.74, 6) is 3.65. The maximum absolute atomic E-state index is 13.6. The van der Waals surface area contributed by atoms with Crippen LogP contribution in [0.4, 0.5) is 48.3 Å². The van der Waals surface area contributed by atoms with Crippen LogP contribution < -0.4 is 0 Å². The Kier molecular flexibility index (Phi) is 68.0. The van der Waals surface area contributed by atoms with Crippen LogP contribution in [0.1, 0.15) is 493 Å². The van der Waals surface area contributed by atoms with E-state index in [1.54, 1.807) is 41.5 Å². The van der Waals surface area contributed by atoms with Crippen LogP contribution in [0.3, 0.4) is 0 Å². The van der Waals surface area contributed by atoms with Gasteiger partial charge in [0.25, 0.3) is 0 Å². The Labute approximate surface area is 675 Å². The molecule has 0 aromatic heterocycles. The molecular formula is C97H203F11. The zero-order chi connectivity index (χ0) is 89.6. The normalized spacial score (nSPS) is 16.8. The van der Waals surface area contributed by atoms with Gasteiger partial charge in [0.05, 0.1) is 0 Å². The van der Waals surface area contributed by atoms with Crippen LogP contribution in [-0.4, -0.2) is 40.7 Å². The molecular weight excluding hydrogens is 1370 g/mol. The molecule has 0 aliphatic heterocycles. The van der Waals surface area contributed by atoms with E-state index in [1.807, 2.05) is 55.4 Å². The van der Waals surface area contributed by atoms with Gasteiger partial charge in [0.15, 0.2) is 5.41 Å². The first-order valence-electron chi connectivity index (χ1n) is 44.1. The van der Waals surface area contributed by atoms with Gasteiger partial charge in [0, 0.05) is 0 Å². The second kappa shape index (κ2) is 57.3. The molecule has 0 heterocycles. The minimum absolute atomic E-state index is 0.0543. The molecule has 0 N–H and O–H groups in total. The van der Waals surface area contributed by atoms with E-state index in [0.717, 1.165) is 56.8 Å². The van der Waals surface area contributed by atoms with Crippen molar-refractivity contribution in [2.75, 3.05) is 0 Å². The van der Waals surface area contributed by atoms with Crippen molar-refractivity contribution < 1.29 is 48.3 Å². The molecule has 108 heavy (non-hydrogen) atoms. The highest BCUT2D eigenvalue weighted by Gasteiger charge is 2.71. The Morgan fingerprint density at radius 3 is 0.694 bits per heavy atom. The third kappa shape index (κ3) is 67.4. The highest BCUT2D eigenvalue weighted by molar-refractivity contribution is 5.01. The van der Waals surface area contributed by atoms with E-state index in [9.17, 15) is 48.3 Å². The summed E-state index contributed by atoms with van der Waals surface area (Å²) in [6, 6.07) is 0. The van der Waals surface area contributed by atoms with Crippen LogP contribution in [-0.2, 0) is 0 Å². The Morgan fingerprint density at radius 1 is 0.324 bits per heavy atom. The lowest BCUT2D eigenvalue weighted by Gasteiger charge is -2.49. The molecule has 2 aliphatic carbocycles. The van der Waals surface area contributed by atoms with Crippen molar-refractivity contribution in [3.63, 3.8) is 0 Å². The Morgan fingerprint density at radius 2 is 0.611 bits per heavy atom. The van der Waals surface area contributed by atoms with Crippen molar-refractivity contribution in [1.29, 1.82) is 0 Å². The van der Waals surface area contributed by atoms with Gasteiger partial charge in [-0.15, -0.1) is 0 Å². The molecule has 0 radical (unpaired) electrons. The van der Waals surface area contributed by atoms with Crippen molar-refractivity contribution in [2.45, 2.75) is 534 Å². The fourth-order valence-electron chi connectivity index (χ4n) is 12.5. The summed E-state index contributed by atoms with van der Waals surface area (Å²) in [5, 5.41) is 0. The predicted molar refractivity (Wildman–Crippen MR) is 470 cm³/mol. The van der Waals surface area contributed by atoms with Crippen LogP contribution in [0, 0.1) is 96.1 Å². The fourth-order valence-corrected chi connectivity index (χ4v) is 12.5. The maximum atomic E-state index is 13.6. The van der Waals surface area contributed by atoms with Gasteiger partial charge < -0.3 is 0 Å². The molecule has 0 bridgehead atoms. The van der Waals surface area contributed by atoms with Gasteiger partial charge in [-0.1, -0.05) is 368 Å². The van der Waals surface area contributed by atoms with Gasteiger partial charge in [-0.25, -0.2) is 22.0 Å². The van der Waals surface area contributed by atoms with E-state index in [4.69, 9.17) is 0 Å². The minimum Gasteiger partial charge on any atom is -0.244 e. The summed E-state index contributed by atoms with van der Waals surface area (Å²) in [5.41, 5.74) is -4.93. The Hall–Kier alpha value is -0.770. The minimum atomic E-state index is -5.20. The van der Waals surface area contributed by atoms with Gasteiger partial charge in [0.1, 0.15) is 28.3 Å². The summed E-state index contributed by atoms with van der Waals surface area (Å²) in [6.07, 6.45) is 7.35. The van der Waals surface area contributed by atoms with Crippen LogP contribution in [0.25, 0.3) is 0 Å². The van der Waals surface area contributed by atoms with E-state index in [1.165, 1.54) is 44.9 Å². The standard InChI is InChI=1S/C14H20F6.C10H21F.C10H22.C9H19F.C9H20.2C7H15F.2C7H16.C6H13F.C6H14.C5H12/c1-10-2-4-11(5-3-10)6-8-12(9-7-11,13(15,16)17)14(18,19)20;1-7(2)9(8(3)4)10(5,6)11;1-7-10(6,8-2)9(3,4)5;1-5-8(6-2)9(4,10)7-3;1-6-8(7-2)9(3,4)5;1-5-7(4,8)6(2)3;1-4-6-7(3,8)5-2;1-6(2)7(3,4)5;1-5-6-7(2,3)4;1-4-6(3,7)5-2;1-5-6(2,3)4;1-5(2,3)4/h10H,2-9H2,1H3;7-9H,1-6H3;7-8H2,1-6H3;8H,5-7H2,1-4H3;8H,6-7H2,1-5H3;6H,5H2,1-4H3;4-6H2,1-3H3;6H,1-5H3;5-6H2,1-4H3;4-5H2,1-3H3;5H2,1-4H3;1-4H3/t;;;9-;;2*7-;;;;;/m...0.00...../s1. The first-order chi connectivity index (χ1) is 47.6. The molecule has 0 aromatic rings. The Bertz CT molecular complexity index is 1930. The van der Waals surface area contributed by atoms with Crippen LogP contribution >= 0.6 is 0 Å². The third-order valence-corrected chi connectivity index (χ3v) is 24.6. The molecule has 2 fully saturated rings. The van der Waals surface area contributed by atoms with Crippen molar-refractivity contribution in [3.8, 4) is 0 Å². The molecule has 2 rings (SSSR count). The molecule has 0 saturated heterocycles. The van der Waals surface area contributed by atoms with Crippen molar-refractivity contribution in [1.82, 2.24) is 0 Å². The number of hydrogen-bond acceptors (Lipinski definition) is 0. The quantitative estimate of drug-likeness (QED) is 0.113. The molecule has 1 spiro atoms.